The molecule has 0 spiro atoms. The summed E-state index contributed by atoms with van der Waals surface area (Å²) in [5.41, 5.74) is 0.129. The van der Waals surface area contributed by atoms with Gasteiger partial charge in [-0.05, 0) is 12.1 Å². The van der Waals surface area contributed by atoms with Gasteiger partial charge in [0.15, 0.2) is 0 Å². The summed E-state index contributed by atoms with van der Waals surface area (Å²) >= 11 is 0. The number of nitrogens with zero attached hydrogens (tertiary/aromatic N) is 3. The zero-order valence-corrected chi connectivity index (χ0v) is 13.7. The lowest BCUT2D eigenvalue weighted by Crippen LogP contribution is -2.39. The summed E-state index contributed by atoms with van der Waals surface area (Å²) in [7, 11) is 0. The number of benzene rings is 1. The normalized spacial score (nSPS) is 19.5. The number of carbonyl (C=O) groups is 2. The van der Waals surface area contributed by atoms with Gasteiger partial charge in [0, 0.05) is 13.0 Å². The van der Waals surface area contributed by atoms with E-state index in [-0.39, 0.29) is 31.1 Å². The summed E-state index contributed by atoms with van der Waals surface area (Å²) in [5, 5.41) is 18.8. The van der Waals surface area contributed by atoms with Crippen LogP contribution in [0.3, 0.4) is 0 Å². The molecule has 1 fully saturated rings. The Morgan fingerprint density at radius 2 is 2.08 bits per heavy atom. The molecule has 2 heterocycles. The quantitative estimate of drug-likeness (QED) is 0.768. The van der Waals surface area contributed by atoms with E-state index < -0.39 is 24.2 Å². The Kier molecular flexibility index (Phi) is 4.61. The second kappa shape index (κ2) is 6.87. The highest BCUT2D eigenvalue weighted by Crippen LogP contribution is 2.23. The fourth-order valence-corrected chi connectivity index (χ4v) is 3.01. The summed E-state index contributed by atoms with van der Waals surface area (Å²) in [6.45, 7) is 3.65. The van der Waals surface area contributed by atoms with Crippen molar-refractivity contribution in [3.8, 4) is 6.01 Å². The Labute approximate surface area is 147 Å². The van der Waals surface area contributed by atoms with Gasteiger partial charge in [-0.1, -0.05) is 18.2 Å². The van der Waals surface area contributed by atoms with Crippen LogP contribution in [0.2, 0.25) is 0 Å². The van der Waals surface area contributed by atoms with Gasteiger partial charge in [0.2, 0.25) is 0 Å². The van der Waals surface area contributed by atoms with Gasteiger partial charge in [-0.2, -0.15) is 4.98 Å². The first-order valence-electron chi connectivity index (χ1n) is 7.92. The lowest BCUT2D eigenvalue weighted by Gasteiger charge is -2.17. The number of carboxylic acid groups (broad SMARTS) is 2. The third-order valence-corrected chi connectivity index (χ3v) is 4.20. The van der Waals surface area contributed by atoms with Crippen LogP contribution in [-0.4, -0.2) is 55.4 Å². The van der Waals surface area contributed by atoms with E-state index in [0.29, 0.717) is 10.9 Å². The molecule has 1 aromatic carbocycles. The van der Waals surface area contributed by atoms with E-state index in [1.807, 2.05) is 0 Å². The van der Waals surface area contributed by atoms with Crippen molar-refractivity contribution in [2.75, 3.05) is 6.54 Å². The molecule has 0 bridgehead atoms. The summed E-state index contributed by atoms with van der Waals surface area (Å²) in [4.78, 5) is 40.3. The molecule has 1 aliphatic rings. The van der Waals surface area contributed by atoms with Gasteiger partial charge in [0.25, 0.3) is 11.6 Å². The van der Waals surface area contributed by atoms with Crippen LogP contribution in [0.5, 0.6) is 6.01 Å². The lowest BCUT2D eigenvalue weighted by atomic mass is 10.2. The molecule has 1 aromatic heterocycles. The minimum absolute atomic E-state index is 0.00924. The third-order valence-electron chi connectivity index (χ3n) is 4.20. The van der Waals surface area contributed by atoms with Crippen molar-refractivity contribution in [1.82, 2.24) is 14.5 Å². The highest BCUT2D eigenvalue weighted by atomic mass is 16.5. The average molecular weight is 359 g/mol. The number of rotatable bonds is 5. The third kappa shape index (κ3) is 3.10. The number of allylic oxidation sites excluding steroid dienone is 1. The second-order valence-electron chi connectivity index (χ2n) is 5.88. The molecule has 9 heteroatoms. The summed E-state index contributed by atoms with van der Waals surface area (Å²) in [6.07, 6.45) is -0.573. The standard InChI is InChI=1S/C17H17N3O6/c1-2-7-19-14(21)11-5-3-4-6-12(11)18-16(19)26-10-8-13(15(22)23)20(9-10)17(24)25/h2-6,10,13H,1,7-9H2,(H,22,23)(H,24,25)/t10-,13+/m1/s1. The van der Waals surface area contributed by atoms with Gasteiger partial charge in [-0.15, -0.1) is 6.58 Å². The number of aliphatic carboxylic acids is 1. The minimum atomic E-state index is -1.33. The van der Waals surface area contributed by atoms with E-state index in [9.17, 15) is 19.5 Å². The van der Waals surface area contributed by atoms with Gasteiger partial charge in [0.05, 0.1) is 17.4 Å². The zero-order valence-electron chi connectivity index (χ0n) is 13.7. The molecule has 0 aliphatic carbocycles. The van der Waals surface area contributed by atoms with Crippen molar-refractivity contribution in [3.05, 3.63) is 47.3 Å². The summed E-state index contributed by atoms with van der Waals surface area (Å²) < 4.78 is 7.03. The second-order valence-corrected chi connectivity index (χ2v) is 5.88. The Hall–Kier alpha value is -3.36. The maximum Gasteiger partial charge on any atom is 0.408 e. The zero-order chi connectivity index (χ0) is 18.8. The minimum Gasteiger partial charge on any atom is -0.480 e. The van der Waals surface area contributed by atoms with Crippen molar-refractivity contribution in [2.45, 2.75) is 25.1 Å². The smallest absolute Gasteiger partial charge is 0.408 e. The average Bonchev–Trinajstić information content (AvgIpc) is 3.03. The van der Waals surface area contributed by atoms with Gasteiger partial charge >= 0.3 is 12.1 Å². The van der Waals surface area contributed by atoms with Crippen LogP contribution in [0.4, 0.5) is 4.79 Å². The number of carboxylic acids is 1. The van der Waals surface area contributed by atoms with Crippen LogP contribution in [0.25, 0.3) is 10.9 Å². The molecule has 26 heavy (non-hydrogen) atoms. The molecular formula is C17H17N3O6. The molecule has 136 valence electrons. The molecule has 9 nitrogen and oxygen atoms in total. The van der Waals surface area contributed by atoms with Gasteiger partial charge in [-0.25, -0.2) is 9.59 Å². The summed E-state index contributed by atoms with van der Waals surface area (Å²) in [6, 6.07) is 5.59. The SMILES string of the molecule is C=CCn1c(O[C@@H]2C[C@@H](C(=O)O)N(C(=O)O)C2)nc2ccccc2c1=O. The molecular weight excluding hydrogens is 342 g/mol. The number of hydrogen-bond acceptors (Lipinski definition) is 5. The number of para-hydroxylation sites is 1. The van der Waals surface area contributed by atoms with Gasteiger partial charge in [-0.3, -0.25) is 14.3 Å². The van der Waals surface area contributed by atoms with E-state index in [1.54, 1.807) is 24.3 Å². The lowest BCUT2D eigenvalue weighted by molar-refractivity contribution is -0.141. The Bertz CT molecular complexity index is 916. The number of aromatic nitrogens is 2. The molecule has 2 N–H and O–H groups in total. The van der Waals surface area contributed by atoms with Crippen molar-refractivity contribution in [3.63, 3.8) is 0 Å². The molecule has 0 saturated carbocycles. The molecule has 2 aromatic rings. The van der Waals surface area contributed by atoms with E-state index in [4.69, 9.17) is 9.84 Å². The van der Waals surface area contributed by atoms with Crippen LogP contribution < -0.4 is 10.3 Å². The van der Waals surface area contributed by atoms with Crippen molar-refractivity contribution in [1.29, 1.82) is 0 Å². The topological polar surface area (TPSA) is 122 Å². The van der Waals surface area contributed by atoms with Crippen molar-refractivity contribution < 1.29 is 24.5 Å². The first kappa shape index (κ1) is 17.5. The van der Waals surface area contributed by atoms with Crippen LogP contribution in [0.1, 0.15) is 6.42 Å². The predicted octanol–water partition coefficient (Wildman–Crippen LogP) is 1.17. The Morgan fingerprint density at radius 1 is 1.35 bits per heavy atom. The number of ether oxygens (including phenoxy) is 1. The van der Waals surface area contributed by atoms with Crippen LogP contribution >= 0.6 is 0 Å². The molecule has 3 rings (SSSR count). The molecule has 0 radical (unpaired) electrons. The van der Waals surface area contributed by atoms with Crippen molar-refractivity contribution in [2.24, 2.45) is 0 Å². The fraction of sp³-hybridized carbons (Fsp3) is 0.294. The molecule has 1 saturated heterocycles. The van der Waals surface area contributed by atoms with E-state index in [2.05, 4.69) is 11.6 Å². The number of amides is 1. The fourth-order valence-electron chi connectivity index (χ4n) is 3.01. The monoisotopic (exact) mass is 359 g/mol. The number of hydrogen-bond donors (Lipinski definition) is 2. The van der Waals surface area contributed by atoms with Crippen LogP contribution in [0, 0.1) is 0 Å². The molecule has 2 atom stereocenters. The molecule has 1 amide bonds. The first-order valence-corrected chi connectivity index (χ1v) is 7.92. The molecule has 1 aliphatic heterocycles. The van der Waals surface area contributed by atoms with Crippen LogP contribution in [0.15, 0.2) is 41.7 Å². The van der Waals surface area contributed by atoms with E-state index in [1.165, 1.54) is 10.6 Å². The predicted molar refractivity (Wildman–Crippen MR) is 91.4 cm³/mol. The van der Waals surface area contributed by atoms with E-state index >= 15 is 0 Å². The molecule has 0 unspecified atom stereocenters. The maximum atomic E-state index is 12.7. The van der Waals surface area contributed by atoms with Crippen molar-refractivity contribution >= 4 is 23.0 Å². The maximum absolute atomic E-state index is 12.7. The first-order chi connectivity index (χ1) is 12.4. The highest BCUT2D eigenvalue weighted by molar-refractivity contribution is 5.80. The van der Waals surface area contributed by atoms with Gasteiger partial charge < -0.3 is 14.9 Å². The van der Waals surface area contributed by atoms with Gasteiger partial charge in [0.1, 0.15) is 12.1 Å². The Morgan fingerprint density at radius 3 is 2.69 bits per heavy atom. The summed E-state index contributed by atoms with van der Waals surface area (Å²) in [5.74, 6) is -1.24. The number of likely N-dealkylation sites (tertiary alicyclic amines) is 1. The Balaban J connectivity index is 1.97. The van der Waals surface area contributed by atoms with Crippen LogP contribution in [-0.2, 0) is 11.3 Å². The largest absolute Gasteiger partial charge is 0.480 e. The van der Waals surface area contributed by atoms with E-state index in [0.717, 1.165) is 4.90 Å². The number of fused-ring (bicyclic) bond motifs is 1. The highest BCUT2D eigenvalue weighted by Gasteiger charge is 2.41.